The van der Waals surface area contributed by atoms with Crippen LogP contribution >= 0.6 is 11.6 Å². The lowest BCUT2D eigenvalue weighted by Gasteiger charge is -2.35. The standard InChI is InChI=1S/C18H18ClFN2O2/c1-2-15-11-24-18-16(22(15)17(23)9-19)8-13(10-21-18)7-12-3-5-14(20)6-4-12/h3-6,8,10,15H,2,7,9,11H2,1H3. The molecule has 0 bridgehead atoms. The van der Waals surface area contributed by atoms with E-state index in [1.54, 1.807) is 23.2 Å². The first-order chi connectivity index (χ1) is 11.6. The molecule has 126 valence electrons. The van der Waals surface area contributed by atoms with Gasteiger partial charge >= 0.3 is 0 Å². The number of ether oxygens (including phenoxy) is 1. The average Bonchev–Trinajstić information content (AvgIpc) is 2.62. The van der Waals surface area contributed by atoms with Crippen molar-refractivity contribution in [2.45, 2.75) is 25.8 Å². The van der Waals surface area contributed by atoms with Gasteiger partial charge < -0.3 is 9.64 Å². The van der Waals surface area contributed by atoms with E-state index in [1.165, 1.54) is 12.1 Å². The van der Waals surface area contributed by atoms with Crippen LogP contribution in [0.25, 0.3) is 0 Å². The second-order valence-corrected chi connectivity index (χ2v) is 6.01. The molecule has 2 aromatic rings. The third kappa shape index (κ3) is 3.36. The Hall–Kier alpha value is -2.14. The van der Waals surface area contributed by atoms with Crippen LogP contribution in [0.3, 0.4) is 0 Å². The number of hydrogen-bond donors (Lipinski definition) is 0. The molecule has 3 rings (SSSR count). The molecule has 0 saturated carbocycles. The van der Waals surface area contributed by atoms with Crippen molar-refractivity contribution < 1.29 is 13.9 Å². The fourth-order valence-electron chi connectivity index (χ4n) is 2.85. The van der Waals surface area contributed by atoms with Crippen molar-refractivity contribution in [3.05, 3.63) is 53.5 Å². The third-order valence-corrected chi connectivity index (χ3v) is 4.33. The summed E-state index contributed by atoms with van der Waals surface area (Å²) in [5, 5.41) is 0. The number of fused-ring (bicyclic) bond motifs is 1. The number of pyridine rings is 1. The smallest absolute Gasteiger partial charge is 0.242 e. The predicted molar refractivity (Wildman–Crippen MR) is 91.2 cm³/mol. The van der Waals surface area contributed by atoms with Crippen molar-refractivity contribution in [3.63, 3.8) is 0 Å². The van der Waals surface area contributed by atoms with Crippen molar-refractivity contribution in [3.8, 4) is 5.88 Å². The van der Waals surface area contributed by atoms with E-state index >= 15 is 0 Å². The van der Waals surface area contributed by atoms with Crippen LogP contribution in [0, 0.1) is 5.82 Å². The minimum Gasteiger partial charge on any atom is -0.474 e. The lowest BCUT2D eigenvalue weighted by atomic mass is 10.0. The van der Waals surface area contributed by atoms with Gasteiger partial charge in [-0.25, -0.2) is 9.37 Å². The first-order valence-corrected chi connectivity index (χ1v) is 8.40. The Labute approximate surface area is 145 Å². The molecule has 1 amide bonds. The van der Waals surface area contributed by atoms with E-state index in [-0.39, 0.29) is 23.6 Å². The fourth-order valence-corrected chi connectivity index (χ4v) is 2.98. The van der Waals surface area contributed by atoms with Gasteiger partial charge in [0.25, 0.3) is 0 Å². The molecule has 1 atom stereocenters. The van der Waals surface area contributed by atoms with Crippen LogP contribution in [-0.4, -0.2) is 29.4 Å². The lowest BCUT2D eigenvalue weighted by molar-refractivity contribution is -0.117. The SMILES string of the molecule is CCC1COc2ncc(Cc3ccc(F)cc3)cc2N1C(=O)CCl. The summed E-state index contributed by atoms with van der Waals surface area (Å²) in [4.78, 5) is 18.3. The quantitative estimate of drug-likeness (QED) is 0.793. The number of carbonyl (C=O) groups is 1. The minimum absolute atomic E-state index is 0.0494. The zero-order valence-corrected chi connectivity index (χ0v) is 14.1. The van der Waals surface area contributed by atoms with Crippen LogP contribution in [-0.2, 0) is 11.2 Å². The highest BCUT2D eigenvalue weighted by Gasteiger charge is 2.31. The Balaban J connectivity index is 1.92. The molecular formula is C18H18ClFN2O2. The topological polar surface area (TPSA) is 42.4 Å². The van der Waals surface area contributed by atoms with Gasteiger partial charge in [0.1, 0.15) is 24.0 Å². The van der Waals surface area contributed by atoms with Crippen LogP contribution in [0.2, 0.25) is 0 Å². The van der Waals surface area contributed by atoms with Crippen molar-refractivity contribution >= 4 is 23.2 Å². The number of hydrogen-bond acceptors (Lipinski definition) is 3. The molecule has 1 aliphatic rings. The number of anilines is 1. The first kappa shape index (κ1) is 16.7. The second kappa shape index (κ2) is 7.18. The number of alkyl halides is 1. The molecule has 1 aromatic heterocycles. The average molecular weight is 349 g/mol. The molecule has 0 fully saturated rings. The highest BCUT2D eigenvalue weighted by Crippen LogP contribution is 2.34. The van der Waals surface area contributed by atoms with E-state index in [9.17, 15) is 9.18 Å². The summed E-state index contributed by atoms with van der Waals surface area (Å²) in [7, 11) is 0. The Morgan fingerprint density at radius 1 is 1.38 bits per heavy atom. The van der Waals surface area contributed by atoms with Gasteiger partial charge in [-0.2, -0.15) is 0 Å². The molecule has 2 heterocycles. The van der Waals surface area contributed by atoms with Crippen molar-refractivity contribution in [2.24, 2.45) is 0 Å². The molecule has 4 nitrogen and oxygen atoms in total. The molecule has 1 aromatic carbocycles. The number of benzene rings is 1. The number of carbonyl (C=O) groups excluding carboxylic acids is 1. The van der Waals surface area contributed by atoms with Crippen LogP contribution in [0.15, 0.2) is 36.5 Å². The van der Waals surface area contributed by atoms with E-state index in [0.717, 1.165) is 17.5 Å². The molecular weight excluding hydrogens is 331 g/mol. The van der Waals surface area contributed by atoms with Crippen LogP contribution < -0.4 is 9.64 Å². The van der Waals surface area contributed by atoms with Gasteiger partial charge in [0.2, 0.25) is 11.8 Å². The van der Waals surface area contributed by atoms with E-state index in [2.05, 4.69) is 4.98 Å². The summed E-state index contributed by atoms with van der Waals surface area (Å²) >= 11 is 5.77. The normalized spacial score (nSPS) is 16.5. The molecule has 24 heavy (non-hydrogen) atoms. The number of amides is 1. The zero-order chi connectivity index (χ0) is 17.1. The van der Waals surface area contributed by atoms with Crippen LogP contribution in [0.5, 0.6) is 5.88 Å². The molecule has 6 heteroatoms. The van der Waals surface area contributed by atoms with Crippen LogP contribution in [0.1, 0.15) is 24.5 Å². The van der Waals surface area contributed by atoms with Gasteiger partial charge in [-0.15, -0.1) is 11.6 Å². The molecule has 1 aliphatic heterocycles. The summed E-state index contributed by atoms with van der Waals surface area (Å²) in [6, 6.07) is 8.19. The number of halogens is 2. The van der Waals surface area contributed by atoms with E-state index in [1.807, 2.05) is 13.0 Å². The number of aromatic nitrogens is 1. The third-order valence-electron chi connectivity index (χ3n) is 4.10. The lowest BCUT2D eigenvalue weighted by Crippen LogP contribution is -2.47. The first-order valence-electron chi connectivity index (χ1n) is 7.86. The monoisotopic (exact) mass is 348 g/mol. The number of nitrogens with zero attached hydrogens (tertiary/aromatic N) is 2. The highest BCUT2D eigenvalue weighted by molar-refractivity contribution is 6.29. The van der Waals surface area contributed by atoms with Gasteiger partial charge in [-0.1, -0.05) is 19.1 Å². The minimum atomic E-state index is -0.264. The highest BCUT2D eigenvalue weighted by atomic mass is 35.5. The summed E-state index contributed by atoms with van der Waals surface area (Å²) in [6.45, 7) is 2.42. The van der Waals surface area contributed by atoms with Crippen molar-refractivity contribution in [2.75, 3.05) is 17.4 Å². The summed E-state index contributed by atoms with van der Waals surface area (Å²) in [5.74, 6) is -0.0618. The van der Waals surface area contributed by atoms with Crippen molar-refractivity contribution in [1.29, 1.82) is 0 Å². The molecule has 0 radical (unpaired) electrons. The van der Waals surface area contributed by atoms with Gasteiger partial charge in [0.15, 0.2) is 0 Å². The maximum atomic E-state index is 13.0. The Kier molecular flexibility index (Phi) is 5.00. The number of rotatable bonds is 4. The molecule has 0 N–H and O–H groups in total. The fraction of sp³-hybridized carbons (Fsp3) is 0.333. The van der Waals surface area contributed by atoms with Crippen LogP contribution in [0.4, 0.5) is 10.1 Å². The van der Waals surface area contributed by atoms with Gasteiger partial charge in [-0.05, 0) is 42.2 Å². The Bertz CT molecular complexity index is 736. The Morgan fingerprint density at radius 2 is 2.12 bits per heavy atom. The van der Waals surface area contributed by atoms with Gasteiger partial charge in [-0.3, -0.25) is 4.79 Å². The summed E-state index contributed by atoms with van der Waals surface area (Å²) < 4.78 is 18.7. The summed E-state index contributed by atoms with van der Waals surface area (Å²) in [6.07, 6.45) is 3.09. The maximum Gasteiger partial charge on any atom is 0.242 e. The molecule has 0 saturated heterocycles. The van der Waals surface area contributed by atoms with Crippen molar-refractivity contribution in [1.82, 2.24) is 4.98 Å². The van der Waals surface area contributed by atoms with E-state index < -0.39 is 0 Å². The van der Waals surface area contributed by atoms with E-state index in [0.29, 0.717) is 24.6 Å². The molecule has 0 aliphatic carbocycles. The largest absolute Gasteiger partial charge is 0.474 e. The molecule has 0 spiro atoms. The van der Waals surface area contributed by atoms with Gasteiger partial charge in [0, 0.05) is 6.20 Å². The van der Waals surface area contributed by atoms with E-state index in [4.69, 9.17) is 16.3 Å². The maximum absolute atomic E-state index is 13.0. The Morgan fingerprint density at radius 3 is 2.79 bits per heavy atom. The predicted octanol–water partition coefficient (Wildman–Crippen LogP) is 3.55. The van der Waals surface area contributed by atoms with Gasteiger partial charge in [0.05, 0.1) is 6.04 Å². The zero-order valence-electron chi connectivity index (χ0n) is 13.3. The summed E-state index contributed by atoms with van der Waals surface area (Å²) in [5.41, 5.74) is 2.54. The second-order valence-electron chi connectivity index (χ2n) is 5.74. The molecule has 1 unspecified atom stereocenters.